The maximum Gasteiger partial charge on any atom is 0.257 e. The second kappa shape index (κ2) is 8.86. The molecule has 4 rings (SSSR count). The summed E-state index contributed by atoms with van der Waals surface area (Å²) in [5.74, 6) is -0.733. The Morgan fingerprint density at radius 3 is 2.82 bits per heavy atom. The molecule has 0 unspecified atom stereocenters. The van der Waals surface area contributed by atoms with Crippen molar-refractivity contribution >= 4 is 47.4 Å². The first-order valence-corrected chi connectivity index (χ1v) is 8.70. The third-order valence-electron chi connectivity index (χ3n) is 4.64. The highest BCUT2D eigenvalue weighted by atomic mass is 35.5. The standard InChI is InChI=1S/C19H20FN5O.2ClH/c1-11(2)25-18-13(10-23-25)7-14(9-22-18)19(26)24-16-4-3-12-8-21-6-5-15(12)17(16)20;;/h3-4,7,9-11,21H,5-6,8H2,1-2H3,(H,24,26);2*1H. The molecule has 0 saturated heterocycles. The number of carbonyl (C=O) groups is 1. The third-order valence-corrected chi connectivity index (χ3v) is 4.64. The fourth-order valence-electron chi connectivity index (χ4n) is 3.27. The van der Waals surface area contributed by atoms with Gasteiger partial charge in [-0.05, 0) is 50.1 Å². The molecule has 0 saturated carbocycles. The van der Waals surface area contributed by atoms with E-state index in [-0.39, 0.29) is 48.3 Å². The minimum absolute atomic E-state index is 0. The normalized spacial score (nSPS) is 12.9. The Morgan fingerprint density at radius 2 is 2.07 bits per heavy atom. The molecule has 1 amide bonds. The number of nitrogens with zero attached hydrogens (tertiary/aromatic N) is 3. The molecule has 2 N–H and O–H groups in total. The van der Waals surface area contributed by atoms with Gasteiger partial charge in [0.15, 0.2) is 5.65 Å². The van der Waals surface area contributed by atoms with E-state index in [2.05, 4.69) is 20.7 Å². The lowest BCUT2D eigenvalue weighted by molar-refractivity contribution is 0.102. The van der Waals surface area contributed by atoms with Gasteiger partial charge in [0.25, 0.3) is 5.91 Å². The van der Waals surface area contributed by atoms with E-state index in [0.29, 0.717) is 24.1 Å². The topological polar surface area (TPSA) is 71.8 Å². The van der Waals surface area contributed by atoms with Crippen LogP contribution in [-0.2, 0) is 13.0 Å². The quantitative estimate of drug-likeness (QED) is 0.667. The van der Waals surface area contributed by atoms with Crippen molar-refractivity contribution in [2.45, 2.75) is 32.9 Å². The van der Waals surface area contributed by atoms with Crippen LogP contribution in [0.15, 0.2) is 30.6 Å². The van der Waals surface area contributed by atoms with Crippen LogP contribution in [0.5, 0.6) is 0 Å². The molecule has 9 heteroatoms. The molecule has 3 heterocycles. The summed E-state index contributed by atoms with van der Waals surface area (Å²) in [4.78, 5) is 16.9. The molecule has 150 valence electrons. The van der Waals surface area contributed by atoms with Crippen molar-refractivity contribution in [1.29, 1.82) is 0 Å². The number of hydrogen-bond acceptors (Lipinski definition) is 4. The van der Waals surface area contributed by atoms with E-state index < -0.39 is 0 Å². The van der Waals surface area contributed by atoms with Crippen LogP contribution in [0.1, 0.15) is 41.4 Å². The number of fused-ring (bicyclic) bond motifs is 2. The minimum atomic E-state index is -0.385. The monoisotopic (exact) mass is 425 g/mol. The van der Waals surface area contributed by atoms with E-state index in [9.17, 15) is 9.18 Å². The van der Waals surface area contributed by atoms with E-state index in [1.807, 2.05) is 19.9 Å². The van der Waals surface area contributed by atoms with Gasteiger partial charge in [0, 0.05) is 24.2 Å². The number of benzene rings is 1. The van der Waals surface area contributed by atoms with Gasteiger partial charge in [-0.3, -0.25) is 4.79 Å². The van der Waals surface area contributed by atoms with Gasteiger partial charge in [-0.2, -0.15) is 5.10 Å². The van der Waals surface area contributed by atoms with E-state index >= 15 is 0 Å². The predicted octanol–water partition coefficient (Wildman–Crippen LogP) is 3.89. The van der Waals surface area contributed by atoms with Crippen LogP contribution < -0.4 is 10.6 Å². The Balaban J connectivity index is 0.00000140. The summed E-state index contributed by atoms with van der Waals surface area (Å²) >= 11 is 0. The zero-order valence-electron chi connectivity index (χ0n) is 15.5. The summed E-state index contributed by atoms with van der Waals surface area (Å²) in [6, 6.07) is 5.37. The molecular formula is C19H22Cl2FN5O. The molecule has 0 fully saturated rings. The number of aromatic nitrogens is 3. The van der Waals surface area contributed by atoms with Gasteiger partial charge in [0.2, 0.25) is 0 Å². The first-order valence-electron chi connectivity index (χ1n) is 8.70. The number of halogens is 3. The fourth-order valence-corrected chi connectivity index (χ4v) is 3.27. The second-order valence-corrected chi connectivity index (χ2v) is 6.77. The van der Waals surface area contributed by atoms with E-state index in [0.717, 1.165) is 23.1 Å². The van der Waals surface area contributed by atoms with E-state index in [1.165, 1.54) is 6.20 Å². The number of nitrogens with one attached hydrogen (secondary N) is 2. The lowest BCUT2D eigenvalue weighted by atomic mass is 9.99. The Morgan fingerprint density at radius 1 is 1.29 bits per heavy atom. The summed E-state index contributed by atoms with van der Waals surface area (Å²) in [6.45, 7) is 5.43. The lowest BCUT2D eigenvalue weighted by Gasteiger charge is -2.19. The van der Waals surface area contributed by atoms with Gasteiger partial charge >= 0.3 is 0 Å². The number of rotatable bonds is 3. The predicted molar refractivity (Wildman–Crippen MR) is 112 cm³/mol. The SMILES string of the molecule is CC(C)n1ncc2cc(C(=O)Nc3ccc4c(c3F)CCNC4)cnc21.Cl.Cl. The summed E-state index contributed by atoms with van der Waals surface area (Å²) < 4.78 is 16.5. The molecule has 1 aromatic carbocycles. The Labute approximate surface area is 174 Å². The zero-order valence-corrected chi connectivity index (χ0v) is 17.2. The molecule has 3 aromatic rings. The Bertz CT molecular complexity index is 1010. The van der Waals surface area contributed by atoms with Crippen molar-refractivity contribution in [3.63, 3.8) is 0 Å². The van der Waals surface area contributed by atoms with Gasteiger partial charge in [0.05, 0.1) is 17.4 Å². The van der Waals surface area contributed by atoms with Crippen LogP contribution >= 0.6 is 24.8 Å². The smallest absolute Gasteiger partial charge is 0.257 e. The van der Waals surface area contributed by atoms with Crippen LogP contribution in [0.25, 0.3) is 11.0 Å². The van der Waals surface area contributed by atoms with Gasteiger partial charge in [0.1, 0.15) is 5.82 Å². The Kier molecular flexibility index (Phi) is 6.98. The molecular weight excluding hydrogens is 404 g/mol. The zero-order chi connectivity index (χ0) is 18.3. The summed E-state index contributed by atoms with van der Waals surface area (Å²) in [7, 11) is 0. The van der Waals surface area contributed by atoms with E-state index in [4.69, 9.17) is 0 Å². The average molecular weight is 426 g/mol. The average Bonchev–Trinajstić information content (AvgIpc) is 3.07. The lowest BCUT2D eigenvalue weighted by Crippen LogP contribution is -2.25. The number of hydrogen-bond donors (Lipinski definition) is 2. The van der Waals surface area contributed by atoms with Gasteiger partial charge in [-0.15, -0.1) is 24.8 Å². The molecule has 0 atom stereocenters. The minimum Gasteiger partial charge on any atom is -0.319 e. The molecule has 6 nitrogen and oxygen atoms in total. The maximum atomic E-state index is 14.7. The van der Waals surface area contributed by atoms with Crippen molar-refractivity contribution < 1.29 is 9.18 Å². The fraction of sp³-hybridized carbons (Fsp3) is 0.316. The first kappa shape index (κ1) is 22.1. The second-order valence-electron chi connectivity index (χ2n) is 6.77. The molecule has 1 aliphatic rings. The molecule has 28 heavy (non-hydrogen) atoms. The number of pyridine rings is 1. The maximum absolute atomic E-state index is 14.7. The number of amides is 1. The summed E-state index contributed by atoms with van der Waals surface area (Å²) in [5.41, 5.74) is 2.92. The Hall–Kier alpha value is -2.22. The van der Waals surface area contributed by atoms with Crippen molar-refractivity contribution in [3.05, 3.63) is 53.1 Å². The van der Waals surface area contributed by atoms with Crippen molar-refractivity contribution in [3.8, 4) is 0 Å². The summed E-state index contributed by atoms with van der Waals surface area (Å²) in [6.07, 6.45) is 3.80. The molecule has 2 aromatic heterocycles. The number of carbonyl (C=O) groups excluding carboxylic acids is 1. The van der Waals surface area contributed by atoms with Gasteiger partial charge in [-0.25, -0.2) is 14.1 Å². The molecule has 1 aliphatic heterocycles. The third kappa shape index (κ3) is 3.97. The summed E-state index contributed by atoms with van der Waals surface area (Å²) in [5, 5.41) is 11.0. The highest BCUT2D eigenvalue weighted by Crippen LogP contribution is 2.25. The van der Waals surface area contributed by atoms with Gasteiger partial charge < -0.3 is 10.6 Å². The molecule has 0 aliphatic carbocycles. The highest BCUT2D eigenvalue weighted by Gasteiger charge is 2.18. The van der Waals surface area contributed by atoms with Crippen molar-refractivity contribution in [2.75, 3.05) is 11.9 Å². The van der Waals surface area contributed by atoms with Crippen LogP contribution in [0.3, 0.4) is 0 Å². The van der Waals surface area contributed by atoms with Crippen molar-refractivity contribution in [1.82, 2.24) is 20.1 Å². The highest BCUT2D eigenvalue weighted by molar-refractivity contribution is 6.05. The van der Waals surface area contributed by atoms with Crippen LogP contribution in [0.2, 0.25) is 0 Å². The van der Waals surface area contributed by atoms with Crippen LogP contribution in [0.4, 0.5) is 10.1 Å². The molecule has 0 radical (unpaired) electrons. The van der Waals surface area contributed by atoms with E-state index in [1.54, 1.807) is 23.0 Å². The van der Waals surface area contributed by atoms with Gasteiger partial charge in [-0.1, -0.05) is 6.07 Å². The molecule has 0 bridgehead atoms. The molecule has 0 spiro atoms. The number of anilines is 1. The van der Waals surface area contributed by atoms with Crippen LogP contribution in [0, 0.1) is 5.82 Å². The van der Waals surface area contributed by atoms with Crippen molar-refractivity contribution in [2.24, 2.45) is 0 Å². The first-order chi connectivity index (χ1) is 12.5. The largest absolute Gasteiger partial charge is 0.319 e. The van der Waals surface area contributed by atoms with Crippen LogP contribution in [-0.4, -0.2) is 27.2 Å².